The van der Waals surface area contributed by atoms with Crippen LogP contribution in [-0.4, -0.2) is 31.9 Å². The van der Waals surface area contributed by atoms with Crippen molar-refractivity contribution in [1.82, 2.24) is 5.16 Å². The van der Waals surface area contributed by atoms with Crippen molar-refractivity contribution in [1.29, 1.82) is 0 Å². The van der Waals surface area contributed by atoms with Crippen LogP contribution in [0.1, 0.15) is 42.7 Å². The van der Waals surface area contributed by atoms with Crippen LogP contribution in [0.3, 0.4) is 0 Å². The SMILES string of the molecule is CCCCS(=O)(=O)Nc1onc(C)c1C(=O)OCC. The van der Waals surface area contributed by atoms with Gasteiger partial charge in [-0.15, -0.1) is 0 Å². The van der Waals surface area contributed by atoms with Crippen molar-refractivity contribution in [2.24, 2.45) is 0 Å². The number of carbonyl (C=O) groups excluding carboxylic acids is 1. The van der Waals surface area contributed by atoms with E-state index in [0.717, 1.165) is 6.42 Å². The van der Waals surface area contributed by atoms with Gasteiger partial charge < -0.3 is 9.26 Å². The maximum atomic E-state index is 11.7. The second-order valence-corrected chi connectivity index (χ2v) is 5.81. The smallest absolute Gasteiger partial charge is 0.345 e. The first-order valence-corrected chi connectivity index (χ1v) is 7.70. The molecule has 0 aliphatic carbocycles. The zero-order valence-electron chi connectivity index (χ0n) is 11.2. The van der Waals surface area contributed by atoms with Gasteiger partial charge >= 0.3 is 5.97 Å². The molecule has 0 unspecified atom stereocenters. The van der Waals surface area contributed by atoms with Gasteiger partial charge in [0.05, 0.1) is 18.1 Å². The number of unbranched alkanes of at least 4 members (excludes halogenated alkanes) is 1. The van der Waals surface area contributed by atoms with Crippen molar-refractivity contribution < 1.29 is 22.5 Å². The van der Waals surface area contributed by atoms with Crippen molar-refractivity contribution >= 4 is 21.9 Å². The monoisotopic (exact) mass is 290 g/mol. The van der Waals surface area contributed by atoms with Crippen LogP contribution in [-0.2, 0) is 14.8 Å². The van der Waals surface area contributed by atoms with Gasteiger partial charge in [-0.2, -0.15) is 0 Å². The Morgan fingerprint density at radius 1 is 1.42 bits per heavy atom. The van der Waals surface area contributed by atoms with Gasteiger partial charge in [0.2, 0.25) is 10.0 Å². The Balaban J connectivity index is 2.93. The van der Waals surface area contributed by atoms with E-state index < -0.39 is 16.0 Å². The highest BCUT2D eigenvalue weighted by atomic mass is 32.2. The van der Waals surface area contributed by atoms with Crippen LogP contribution >= 0.6 is 0 Å². The third-order valence-electron chi connectivity index (χ3n) is 2.36. The molecule has 1 aromatic heterocycles. The quantitative estimate of drug-likeness (QED) is 0.767. The Morgan fingerprint density at radius 2 is 2.11 bits per heavy atom. The number of hydrogen-bond donors (Lipinski definition) is 1. The summed E-state index contributed by atoms with van der Waals surface area (Å²) in [6.45, 7) is 5.27. The second kappa shape index (κ2) is 6.55. The first-order chi connectivity index (χ1) is 8.91. The van der Waals surface area contributed by atoms with Crippen molar-refractivity contribution in [3.63, 3.8) is 0 Å². The predicted molar refractivity (Wildman–Crippen MR) is 69.5 cm³/mol. The number of anilines is 1. The summed E-state index contributed by atoms with van der Waals surface area (Å²) in [4.78, 5) is 11.7. The molecule has 0 aliphatic rings. The topological polar surface area (TPSA) is 98.5 Å². The molecule has 19 heavy (non-hydrogen) atoms. The van der Waals surface area contributed by atoms with E-state index in [1.807, 2.05) is 6.92 Å². The van der Waals surface area contributed by atoms with E-state index in [4.69, 9.17) is 9.26 Å². The summed E-state index contributed by atoms with van der Waals surface area (Å²) in [7, 11) is -3.55. The third-order valence-corrected chi connectivity index (χ3v) is 3.68. The van der Waals surface area contributed by atoms with Crippen LogP contribution in [0.4, 0.5) is 5.88 Å². The average molecular weight is 290 g/mol. The van der Waals surface area contributed by atoms with Crippen LogP contribution < -0.4 is 4.72 Å². The molecule has 1 heterocycles. The molecule has 0 bridgehead atoms. The van der Waals surface area contributed by atoms with Gasteiger partial charge in [-0.05, 0) is 20.3 Å². The van der Waals surface area contributed by atoms with E-state index >= 15 is 0 Å². The minimum absolute atomic E-state index is 0.0157. The van der Waals surface area contributed by atoms with E-state index in [2.05, 4.69) is 9.88 Å². The van der Waals surface area contributed by atoms with E-state index in [-0.39, 0.29) is 29.5 Å². The highest BCUT2D eigenvalue weighted by Crippen LogP contribution is 2.21. The Kier molecular flexibility index (Phi) is 5.34. The first-order valence-electron chi connectivity index (χ1n) is 6.05. The number of rotatable bonds is 7. The molecule has 108 valence electrons. The molecule has 0 radical (unpaired) electrons. The lowest BCUT2D eigenvalue weighted by molar-refractivity contribution is 0.0526. The van der Waals surface area contributed by atoms with Gasteiger partial charge in [-0.3, -0.25) is 4.72 Å². The fourth-order valence-electron chi connectivity index (χ4n) is 1.41. The van der Waals surface area contributed by atoms with Crippen molar-refractivity contribution in [3.05, 3.63) is 11.3 Å². The number of esters is 1. The zero-order valence-corrected chi connectivity index (χ0v) is 12.0. The highest BCUT2D eigenvalue weighted by Gasteiger charge is 2.25. The molecule has 0 saturated carbocycles. The number of aryl methyl sites for hydroxylation is 1. The molecule has 8 heteroatoms. The summed E-state index contributed by atoms with van der Waals surface area (Å²) >= 11 is 0. The second-order valence-electron chi connectivity index (χ2n) is 3.97. The number of nitrogens with one attached hydrogen (secondary N) is 1. The molecule has 0 spiro atoms. The highest BCUT2D eigenvalue weighted by molar-refractivity contribution is 7.92. The molecule has 0 fully saturated rings. The number of sulfonamides is 1. The molecule has 0 saturated heterocycles. The molecule has 1 rings (SSSR count). The fraction of sp³-hybridized carbons (Fsp3) is 0.636. The van der Waals surface area contributed by atoms with Crippen LogP contribution in [0, 0.1) is 6.92 Å². The molecule has 1 N–H and O–H groups in total. The number of aromatic nitrogens is 1. The molecular weight excluding hydrogens is 272 g/mol. The van der Waals surface area contributed by atoms with Gasteiger partial charge in [-0.1, -0.05) is 18.5 Å². The van der Waals surface area contributed by atoms with Crippen LogP contribution in [0.2, 0.25) is 0 Å². The summed E-state index contributed by atoms with van der Waals surface area (Å²) < 4.78 is 35.4. The Bertz CT molecular complexity index is 535. The molecule has 0 amide bonds. The zero-order chi connectivity index (χ0) is 14.5. The molecule has 0 aromatic carbocycles. The Hall–Kier alpha value is -1.57. The summed E-state index contributed by atoms with van der Waals surface area (Å²) in [6.07, 6.45) is 1.28. The molecule has 0 aliphatic heterocycles. The third kappa shape index (κ3) is 4.23. The maximum Gasteiger partial charge on any atom is 0.345 e. The summed E-state index contributed by atoms with van der Waals surface area (Å²) in [6, 6.07) is 0. The van der Waals surface area contributed by atoms with Gasteiger partial charge in [0, 0.05) is 0 Å². The largest absolute Gasteiger partial charge is 0.462 e. The lowest BCUT2D eigenvalue weighted by atomic mass is 10.2. The van der Waals surface area contributed by atoms with Crippen molar-refractivity contribution in [2.45, 2.75) is 33.6 Å². The summed E-state index contributed by atoms with van der Waals surface area (Å²) in [5.41, 5.74) is 0.300. The Labute approximate surface area is 112 Å². The molecule has 1 aromatic rings. The first kappa shape index (κ1) is 15.5. The summed E-state index contributed by atoms with van der Waals surface area (Å²) in [5.74, 6) is -0.882. The van der Waals surface area contributed by atoms with Gasteiger partial charge in [0.1, 0.15) is 5.56 Å². The van der Waals surface area contributed by atoms with E-state index in [0.29, 0.717) is 6.42 Å². The minimum atomic E-state index is -3.55. The van der Waals surface area contributed by atoms with E-state index in [9.17, 15) is 13.2 Å². The van der Waals surface area contributed by atoms with Crippen molar-refractivity contribution in [2.75, 3.05) is 17.1 Å². The number of hydrogen-bond acceptors (Lipinski definition) is 6. The number of nitrogens with zero attached hydrogens (tertiary/aromatic N) is 1. The van der Waals surface area contributed by atoms with Gasteiger partial charge in [-0.25, -0.2) is 13.2 Å². The van der Waals surface area contributed by atoms with Crippen molar-refractivity contribution in [3.8, 4) is 0 Å². The average Bonchev–Trinajstić information content (AvgIpc) is 2.67. The summed E-state index contributed by atoms with van der Waals surface area (Å²) in [5, 5.41) is 3.58. The molecule has 0 atom stereocenters. The number of ether oxygens (including phenoxy) is 1. The maximum absolute atomic E-state index is 11.7. The van der Waals surface area contributed by atoms with Crippen LogP contribution in [0.15, 0.2) is 4.52 Å². The molecular formula is C11H18N2O5S. The van der Waals surface area contributed by atoms with E-state index in [1.165, 1.54) is 0 Å². The van der Waals surface area contributed by atoms with E-state index in [1.54, 1.807) is 13.8 Å². The molecule has 7 nitrogen and oxygen atoms in total. The predicted octanol–water partition coefficient (Wildman–Crippen LogP) is 1.70. The van der Waals surface area contributed by atoms with Crippen LogP contribution in [0.25, 0.3) is 0 Å². The standard InChI is InChI=1S/C11H18N2O5S/c1-4-6-7-19(15,16)13-10-9(8(3)12-18-10)11(14)17-5-2/h13H,4-7H2,1-3H3. The number of carbonyl (C=O) groups is 1. The fourth-order valence-corrected chi connectivity index (χ4v) is 2.60. The minimum Gasteiger partial charge on any atom is -0.462 e. The Morgan fingerprint density at radius 3 is 2.68 bits per heavy atom. The van der Waals surface area contributed by atoms with Gasteiger partial charge in [0.25, 0.3) is 5.88 Å². The normalized spacial score (nSPS) is 11.3. The van der Waals surface area contributed by atoms with Gasteiger partial charge in [0.15, 0.2) is 0 Å². The lowest BCUT2D eigenvalue weighted by Gasteiger charge is -2.06. The van der Waals surface area contributed by atoms with Crippen LogP contribution in [0.5, 0.6) is 0 Å². The lowest BCUT2D eigenvalue weighted by Crippen LogP contribution is -2.18.